The zero-order chi connectivity index (χ0) is 18.7. The maximum Gasteiger partial charge on any atom is 0.417 e. The predicted octanol–water partition coefficient (Wildman–Crippen LogP) is 3.58. The van der Waals surface area contributed by atoms with Crippen LogP contribution in [-0.2, 0) is 11.0 Å². The molecule has 2 heterocycles. The molecule has 0 bridgehead atoms. The third-order valence-electron chi connectivity index (χ3n) is 3.91. The summed E-state index contributed by atoms with van der Waals surface area (Å²) in [4.78, 5) is 15.5. The van der Waals surface area contributed by atoms with Crippen molar-refractivity contribution in [2.45, 2.75) is 12.6 Å². The van der Waals surface area contributed by atoms with E-state index in [2.05, 4.69) is 15.6 Å². The number of halogens is 4. The highest BCUT2D eigenvalue weighted by Gasteiger charge is 2.30. The molecule has 1 aliphatic heterocycles. The number of aromatic nitrogens is 1. The van der Waals surface area contributed by atoms with Crippen LogP contribution in [0.15, 0.2) is 36.5 Å². The number of hydrogen-bond acceptors (Lipinski definition) is 4. The number of carbonyl (C=O) groups excluding carboxylic acids is 1. The Balaban J connectivity index is 1.66. The van der Waals surface area contributed by atoms with Crippen LogP contribution >= 0.6 is 0 Å². The fraction of sp³-hybridized carbons (Fsp3) is 0.294. The van der Waals surface area contributed by atoms with Gasteiger partial charge in [-0.1, -0.05) is 0 Å². The first-order chi connectivity index (χ1) is 12.3. The Bertz CT molecular complexity index is 788. The third-order valence-corrected chi connectivity index (χ3v) is 3.91. The van der Waals surface area contributed by atoms with E-state index in [1.54, 1.807) is 0 Å². The first-order valence-corrected chi connectivity index (χ1v) is 7.85. The molecule has 1 fully saturated rings. The lowest BCUT2D eigenvalue weighted by Gasteiger charge is -2.12. The molecule has 9 heteroatoms. The van der Waals surface area contributed by atoms with Crippen molar-refractivity contribution in [1.82, 2.24) is 10.3 Å². The number of amides is 1. The molecule has 0 saturated carbocycles. The molecule has 2 aromatic rings. The Morgan fingerprint density at radius 3 is 2.65 bits per heavy atom. The molecule has 1 unspecified atom stereocenters. The van der Waals surface area contributed by atoms with Crippen molar-refractivity contribution in [3.8, 4) is 11.6 Å². The molecule has 1 amide bonds. The highest BCUT2D eigenvalue weighted by atomic mass is 19.4. The van der Waals surface area contributed by atoms with Crippen LogP contribution in [0.1, 0.15) is 12.0 Å². The molecule has 0 spiro atoms. The minimum Gasteiger partial charge on any atom is -0.436 e. The molecular weight excluding hydrogens is 354 g/mol. The SMILES string of the molecule is O=C(Nc1ccc(Oc2ccc(C(F)(F)F)cn2)c(F)c1)C1CCNC1. The molecular formula is C17H15F4N3O2. The number of hydrogen-bond donors (Lipinski definition) is 2. The fourth-order valence-electron chi connectivity index (χ4n) is 2.51. The molecule has 1 aromatic carbocycles. The van der Waals surface area contributed by atoms with Crippen molar-refractivity contribution in [2.24, 2.45) is 5.92 Å². The maximum absolute atomic E-state index is 14.1. The molecule has 1 aliphatic rings. The summed E-state index contributed by atoms with van der Waals surface area (Å²) >= 11 is 0. The summed E-state index contributed by atoms with van der Waals surface area (Å²) in [6.45, 7) is 1.34. The monoisotopic (exact) mass is 369 g/mol. The first-order valence-electron chi connectivity index (χ1n) is 7.85. The van der Waals surface area contributed by atoms with Crippen molar-refractivity contribution in [3.05, 3.63) is 47.9 Å². The Kier molecular flexibility index (Phi) is 5.08. The quantitative estimate of drug-likeness (QED) is 0.809. The van der Waals surface area contributed by atoms with Crippen LogP contribution in [-0.4, -0.2) is 24.0 Å². The van der Waals surface area contributed by atoms with E-state index < -0.39 is 17.6 Å². The van der Waals surface area contributed by atoms with Gasteiger partial charge in [-0.15, -0.1) is 0 Å². The summed E-state index contributed by atoms with van der Waals surface area (Å²) in [5.74, 6) is -1.52. The summed E-state index contributed by atoms with van der Waals surface area (Å²) < 4.78 is 56.8. The summed E-state index contributed by atoms with van der Waals surface area (Å²) in [5.41, 5.74) is -0.656. The fourth-order valence-corrected chi connectivity index (χ4v) is 2.51. The average molecular weight is 369 g/mol. The number of carbonyl (C=O) groups is 1. The number of rotatable bonds is 4. The van der Waals surface area contributed by atoms with Gasteiger partial charge in [0, 0.05) is 30.6 Å². The van der Waals surface area contributed by atoms with E-state index in [9.17, 15) is 22.4 Å². The molecule has 1 aromatic heterocycles. The summed E-state index contributed by atoms with van der Waals surface area (Å²) in [7, 11) is 0. The minimum absolute atomic E-state index is 0.162. The van der Waals surface area contributed by atoms with Gasteiger partial charge in [0.15, 0.2) is 11.6 Å². The molecule has 138 valence electrons. The molecule has 0 aliphatic carbocycles. The van der Waals surface area contributed by atoms with Crippen molar-refractivity contribution < 1.29 is 27.1 Å². The topological polar surface area (TPSA) is 63.2 Å². The van der Waals surface area contributed by atoms with Gasteiger partial charge < -0.3 is 15.4 Å². The smallest absolute Gasteiger partial charge is 0.417 e. The Morgan fingerprint density at radius 2 is 2.08 bits per heavy atom. The second-order valence-corrected chi connectivity index (χ2v) is 5.81. The van der Waals surface area contributed by atoms with E-state index in [4.69, 9.17) is 4.74 Å². The largest absolute Gasteiger partial charge is 0.436 e. The van der Waals surface area contributed by atoms with Crippen LogP contribution in [0.2, 0.25) is 0 Å². The highest BCUT2D eigenvalue weighted by molar-refractivity contribution is 5.93. The normalized spacial score (nSPS) is 17.2. The summed E-state index contributed by atoms with van der Waals surface area (Å²) in [6, 6.07) is 5.61. The second kappa shape index (κ2) is 7.28. The van der Waals surface area contributed by atoms with Gasteiger partial charge in [-0.25, -0.2) is 9.37 Å². The van der Waals surface area contributed by atoms with Crippen LogP contribution in [0.4, 0.5) is 23.2 Å². The average Bonchev–Trinajstić information content (AvgIpc) is 3.12. The predicted molar refractivity (Wildman–Crippen MR) is 85.3 cm³/mol. The third kappa shape index (κ3) is 4.29. The molecule has 2 N–H and O–H groups in total. The van der Waals surface area contributed by atoms with Gasteiger partial charge in [0.1, 0.15) is 0 Å². The zero-order valence-electron chi connectivity index (χ0n) is 13.4. The number of alkyl halides is 3. The van der Waals surface area contributed by atoms with Crippen molar-refractivity contribution >= 4 is 11.6 Å². The maximum atomic E-state index is 14.1. The van der Waals surface area contributed by atoms with Gasteiger partial charge in [0.2, 0.25) is 11.8 Å². The Labute approximate surface area is 146 Å². The van der Waals surface area contributed by atoms with Crippen molar-refractivity contribution in [1.29, 1.82) is 0 Å². The summed E-state index contributed by atoms with van der Waals surface area (Å²) in [5, 5.41) is 5.69. The number of pyridine rings is 1. The lowest BCUT2D eigenvalue weighted by atomic mass is 10.1. The Morgan fingerprint density at radius 1 is 1.27 bits per heavy atom. The van der Waals surface area contributed by atoms with E-state index in [1.807, 2.05) is 0 Å². The first kappa shape index (κ1) is 18.1. The van der Waals surface area contributed by atoms with Crippen LogP contribution in [0.5, 0.6) is 11.6 Å². The van der Waals surface area contributed by atoms with E-state index >= 15 is 0 Å². The van der Waals surface area contributed by atoms with Crippen molar-refractivity contribution in [3.63, 3.8) is 0 Å². The van der Waals surface area contributed by atoms with E-state index in [0.717, 1.165) is 31.2 Å². The molecule has 26 heavy (non-hydrogen) atoms. The van der Waals surface area contributed by atoms with Gasteiger partial charge in [-0.05, 0) is 31.2 Å². The van der Waals surface area contributed by atoms with Gasteiger partial charge >= 0.3 is 6.18 Å². The highest BCUT2D eigenvalue weighted by Crippen LogP contribution is 2.31. The van der Waals surface area contributed by atoms with Crippen LogP contribution in [0, 0.1) is 11.7 Å². The lowest BCUT2D eigenvalue weighted by Crippen LogP contribution is -2.24. The molecule has 3 rings (SSSR count). The second-order valence-electron chi connectivity index (χ2n) is 5.81. The van der Waals surface area contributed by atoms with E-state index in [0.29, 0.717) is 12.7 Å². The number of nitrogens with zero attached hydrogens (tertiary/aromatic N) is 1. The van der Waals surface area contributed by atoms with Crippen LogP contribution in [0.25, 0.3) is 0 Å². The number of ether oxygens (including phenoxy) is 1. The molecule has 1 atom stereocenters. The molecule has 0 radical (unpaired) electrons. The van der Waals surface area contributed by atoms with Gasteiger partial charge in [-0.3, -0.25) is 4.79 Å². The lowest BCUT2D eigenvalue weighted by molar-refractivity contribution is -0.137. The number of anilines is 1. The minimum atomic E-state index is -4.51. The zero-order valence-corrected chi connectivity index (χ0v) is 13.4. The van der Waals surface area contributed by atoms with Gasteiger partial charge in [-0.2, -0.15) is 13.2 Å². The van der Waals surface area contributed by atoms with Crippen LogP contribution in [0.3, 0.4) is 0 Å². The summed E-state index contributed by atoms with van der Waals surface area (Å²) in [6.07, 6.45) is -3.18. The standard InChI is InChI=1S/C17H15F4N3O2/c18-13-7-12(24-16(25)10-5-6-22-8-10)2-3-14(13)26-15-4-1-11(9-23-15)17(19,20)21/h1-4,7,9-10,22H,5-6,8H2,(H,24,25). The Hall–Kier alpha value is -2.68. The molecule has 1 saturated heterocycles. The molecule has 5 nitrogen and oxygen atoms in total. The number of benzene rings is 1. The van der Waals surface area contributed by atoms with Gasteiger partial charge in [0.25, 0.3) is 0 Å². The van der Waals surface area contributed by atoms with Crippen LogP contribution < -0.4 is 15.4 Å². The number of nitrogens with one attached hydrogen (secondary N) is 2. The van der Waals surface area contributed by atoms with Crippen molar-refractivity contribution in [2.75, 3.05) is 18.4 Å². The van der Waals surface area contributed by atoms with E-state index in [1.165, 1.54) is 12.1 Å². The van der Waals surface area contributed by atoms with E-state index in [-0.39, 0.29) is 29.1 Å². The van der Waals surface area contributed by atoms with Gasteiger partial charge in [0.05, 0.1) is 11.5 Å².